The monoisotopic (exact) mass is 264 g/mol. The molecule has 0 aliphatic carbocycles. The highest BCUT2D eigenvalue weighted by Gasteiger charge is 2.14. The first-order valence-electron chi connectivity index (χ1n) is 6.72. The molecule has 2 rings (SSSR count). The molecule has 1 heterocycles. The van der Waals surface area contributed by atoms with E-state index in [0.717, 1.165) is 25.2 Å². The first-order chi connectivity index (χ1) is 9.29. The summed E-state index contributed by atoms with van der Waals surface area (Å²) >= 11 is 0. The quantitative estimate of drug-likeness (QED) is 0.585. The summed E-state index contributed by atoms with van der Waals surface area (Å²) in [4.78, 5) is 11.3. The van der Waals surface area contributed by atoms with Crippen molar-refractivity contribution < 1.29 is 19.0 Å². The van der Waals surface area contributed by atoms with Crippen LogP contribution in [0.5, 0.6) is 5.75 Å². The van der Waals surface area contributed by atoms with Crippen LogP contribution in [0, 0.1) is 0 Å². The van der Waals surface area contributed by atoms with Gasteiger partial charge in [-0.15, -0.1) is 0 Å². The number of rotatable bonds is 6. The lowest BCUT2D eigenvalue weighted by molar-refractivity contribution is 0.0600. The van der Waals surface area contributed by atoms with Gasteiger partial charge in [0.05, 0.1) is 25.4 Å². The van der Waals surface area contributed by atoms with Crippen LogP contribution in [0.2, 0.25) is 0 Å². The van der Waals surface area contributed by atoms with E-state index in [1.165, 1.54) is 20.0 Å². The maximum Gasteiger partial charge on any atom is 0.337 e. The van der Waals surface area contributed by atoms with Crippen LogP contribution >= 0.6 is 0 Å². The van der Waals surface area contributed by atoms with Crippen molar-refractivity contribution >= 4 is 5.97 Å². The molecule has 104 valence electrons. The summed E-state index contributed by atoms with van der Waals surface area (Å²) in [5.41, 5.74) is 0.536. The predicted octanol–water partition coefficient (Wildman–Crippen LogP) is 2.81. The van der Waals surface area contributed by atoms with Crippen LogP contribution in [-0.2, 0) is 9.47 Å². The molecular formula is C15H20O4. The van der Waals surface area contributed by atoms with E-state index in [1.807, 2.05) is 0 Å². The SMILES string of the molecule is COC(=O)c1ccc(OCCCC2CCCO2)cc1. The fourth-order valence-electron chi connectivity index (χ4n) is 2.18. The van der Waals surface area contributed by atoms with Crippen LogP contribution in [0.4, 0.5) is 0 Å². The molecular weight excluding hydrogens is 244 g/mol. The van der Waals surface area contributed by atoms with Gasteiger partial charge in [-0.25, -0.2) is 4.79 Å². The zero-order valence-corrected chi connectivity index (χ0v) is 11.3. The molecule has 0 radical (unpaired) electrons. The van der Waals surface area contributed by atoms with Crippen molar-refractivity contribution in [1.29, 1.82) is 0 Å². The molecule has 1 atom stereocenters. The lowest BCUT2D eigenvalue weighted by Gasteiger charge is -2.10. The molecule has 1 aliphatic heterocycles. The van der Waals surface area contributed by atoms with Crippen LogP contribution in [-0.4, -0.2) is 32.4 Å². The second-order valence-electron chi connectivity index (χ2n) is 4.64. The minimum Gasteiger partial charge on any atom is -0.494 e. The van der Waals surface area contributed by atoms with Gasteiger partial charge >= 0.3 is 5.97 Å². The van der Waals surface area contributed by atoms with Gasteiger partial charge in [-0.3, -0.25) is 0 Å². The van der Waals surface area contributed by atoms with Gasteiger partial charge in [-0.1, -0.05) is 0 Å². The second kappa shape index (κ2) is 7.14. The van der Waals surface area contributed by atoms with Crippen LogP contribution in [0.25, 0.3) is 0 Å². The van der Waals surface area contributed by atoms with E-state index in [4.69, 9.17) is 9.47 Å². The number of hydrogen-bond acceptors (Lipinski definition) is 4. The fourth-order valence-corrected chi connectivity index (χ4v) is 2.18. The van der Waals surface area contributed by atoms with Crippen LogP contribution < -0.4 is 4.74 Å². The molecule has 4 heteroatoms. The number of carbonyl (C=O) groups excluding carboxylic acids is 1. The van der Waals surface area contributed by atoms with Crippen LogP contribution in [0.15, 0.2) is 24.3 Å². The Morgan fingerprint density at radius 1 is 1.37 bits per heavy atom. The Labute approximate surface area is 113 Å². The maximum atomic E-state index is 11.3. The zero-order chi connectivity index (χ0) is 13.5. The van der Waals surface area contributed by atoms with Crippen molar-refractivity contribution in [3.05, 3.63) is 29.8 Å². The molecule has 0 N–H and O–H groups in total. The van der Waals surface area contributed by atoms with E-state index < -0.39 is 0 Å². The van der Waals surface area contributed by atoms with E-state index in [2.05, 4.69) is 4.74 Å². The Kier molecular flexibility index (Phi) is 5.21. The zero-order valence-electron chi connectivity index (χ0n) is 11.3. The van der Waals surface area contributed by atoms with Crippen LogP contribution in [0.3, 0.4) is 0 Å². The largest absolute Gasteiger partial charge is 0.494 e. The Bertz CT molecular complexity index is 393. The number of benzene rings is 1. The smallest absolute Gasteiger partial charge is 0.337 e. The summed E-state index contributed by atoms with van der Waals surface area (Å²) in [6.07, 6.45) is 4.82. The molecule has 0 bridgehead atoms. The average molecular weight is 264 g/mol. The summed E-state index contributed by atoms with van der Waals surface area (Å²) in [6, 6.07) is 7.00. The van der Waals surface area contributed by atoms with Crippen LogP contribution in [0.1, 0.15) is 36.0 Å². The first-order valence-corrected chi connectivity index (χ1v) is 6.72. The first kappa shape index (κ1) is 13.9. The lowest BCUT2D eigenvalue weighted by Crippen LogP contribution is -2.07. The molecule has 1 unspecified atom stereocenters. The van der Waals surface area contributed by atoms with Gasteiger partial charge in [-0.05, 0) is 49.9 Å². The minimum atomic E-state index is -0.329. The summed E-state index contributed by atoms with van der Waals surface area (Å²) < 4.78 is 15.8. The van der Waals surface area contributed by atoms with Gasteiger partial charge in [0.1, 0.15) is 5.75 Å². The topological polar surface area (TPSA) is 44.8 Å². The number of carbonyl (C=O) groups is 1. The highest BCUT2D eigenvalue weighted by Crippen LogP contribution is 2.18. The van der Waals surface area contributed by atoms with E-state index in [9.17, 15) is 4.79 Å². The van der Waals surface area contributed by atoms with E-state index >= 15 is 0 Å². The van der Waals surface area contributed by atoms with Crippen molar-refractivity contribution in [2.75, 3.05) is 20.3 Å². The Morgan fingerprint density at radius 3 is 2.79 bits per heavy atom. The van der Waals surface area contributed by atoms with Crippen molar-refractivity contribution in [3.8, 4) is 5.75 Å². The number of methoxy groups -OCH3 is 1. The second-order valence-corrected chi connectivity index (χ2v) is 4.64. The Morgan fingerprint density at radius 2 is 2.16 bits per heavy atom. The molecule has 1 saturated heterocycles. The molecule has 19 heavy (non-hydrogen) atoms. The standard InChI is InChI=1S/C15H20O4/c1-17-15(16)12-6-8-14(9-7-12)19-11-3-5-13-4-2-10-18-13/h6-9,13H,2-5,10-11H2,1H3. The lowest BCUT2D eigenvalue weighted by atomic mass is 10.1. The number of hydrogen-bond donors (Lipinski definition) is 0. The van der Waals surface area contributed by atoms with E-state index in [0.29, 0.717) is 18.3 Å². The van der Waals surface area contributed by atoms with Crippen molar-refractivity contribution in [3.63, 3.8) is 0 Å². The molecule has 4 nitrogen and oxygen atoms in total. The van der Waals surface area contributed by atoms with Gasteiger partial charge < -0.3 is 14.2 Å². The third-order valence-corrected chi connectivity index (χ3v) is 3.24. The molecule has 1 fully saturated rings. The predicted molar refractivity (Wildman–Crippen MR) is 71.5 cm³/mol. The van der Waals surface area contributed by atoms with Gasteiger partial charge in [0, 0.05) is 6.61 Å². The summed E-state index contributed by atoms with van der Waals surface area (Å²) in [7, 11) is 1.37. The average Bonchev–Trinajstić information content (AvgIpc) is 2.96. The molecule has 0 saturated carbocycles. The van der Waals surface area contributed by atoms with Crippen molar-refractivity contribution in [2.45, 2.75) is 31.8 Å². The number of ether oxygens (including phenoxy) is 3. The Hall–Kier alpha value is -1.55. The van der Waals surface area contributed by atoms with Crippen molar-refractivity contribution in [1.82, 2.24) is 0 Å². The van der Waals surface area contributed by atoms with Gasteiger partial charge in [0.2, 0.25) is 0 Å². The number of esters is 1. The van der Waals surface area contributed by atoms with Gasteiger partial charge in [0.15, 0.2) is 0 Å². The molecule has 1 aromatic carbocycles. The highest BCUT2D eigenvalue weighted by atomic mass is 16.5. The van der Waals surface area contributed by atoms with Gasteiger partial charge in [-0.2, -0.15) is 0 Å². The molecule has 1 aliphatic rings. The highest BCUT2D eigenvalue weighted by molar-refractivity contribution is 5.89. The molecule has 1 aromatic rings. The minimum absolute atomic E-state index is 0.329. The van der Waals surface area contributed by atoms with E-state index in [-0.39, 0.29) is 5.97 Å². The maximum absolute atomic E-state index is 11.3. The van der Waals surface area contributed by atoms with Crippen molar-refractivity contribution in [2.24, 2.45) is 0 Å². The summed E-state index contributed by atoms with van der Waals surface area (Å²) in [5, 5.41) is 0. The third-order valence-electron chi connectivity index (χ3n) is 3.24. The summed E-state index contributed by atoms with van der Waals surface area (Å²) in [6.45, 7) is 1.58. The van der Waals surface area contributed by atoms with Gasteiger partial charge in [0.25, 0.3) is 0 Å². The Balaban J connectivity index is 1.69. The summed E-state index contributed by atoms with van der Waals surface area (Å²) in [5.74, 6) is 0.449. The molecule has 0 spiro atoms. The van der Waals surface area contributed by atoms with E-state index in [1.54, 1.807) is 24.3 Å². The third kappa shape index (κ3) is 4.24. The molecule has 0 amide bonds. The fraction of sp³-hybridized carbons (Fsp3) is 0.533. The normalized spacial score (nSPS) is 18.3. The molecule has 0 aromatic heterocycles.